The van der Waals surface area contributed by atoms with Crippen LogP contribution in [0.4, 0.5) is 0 Å². The molecule has 22 heteroatoms. The van der Waals surface area contributed by atoms with Crippen molar-refractivity contribution in [3.05, 3.63) is 11.6 Å². The van der Waals surface area contributed by atoms with Crippen LogP contribution in [0.25, 0.3) is 0 Å². The predicted molar refractivity (Wildman–Crippen MR) is 264 cm³/mol. The number of aliphatic hydroxyl groups is 5. The highest BCUT2D eigenvalue weighted by Crippen LogP contribution is 2.76. The number of hydrogen-bond donors (Lipinski definition) is 5. The molecule has 77 heavy (non-hydrogen) atoms. The highest BCUT2D eigenvalue weighted by Gasteiger charge is 2.83. The van der Waals surface area contributed by atoms with Gasteiger partial charge in [0.2, 0.25) is 0 Å². The molecule has 11 rings (SSSR count). The number of fused-ring (bicyclic) bond motifs is 3. The van der Waals surface area contributed by atoms with Crippen LogP contribution in [-0.2, 0) is 80.5 Å². The van der Waals surface area contributed by atoms with Crippen molar-refractivity contribution in [1.29, 1.82) is 0 Å². The molecule has 0 unspecified atom stereocenters. The topological polar surface area (TPSA) is 258 Å². The monoisotopic (exact) mass is 1100 g/mol. The molecule has 440 valence electrons. The smallest absolute Gasteiger partial charge is 0.187 e. The van der Waals surface area contributed by atoms with E-state index in [-0.39, 0.29) is 47.6 Å². The molecule has 0 amide bonds. The van der Waals surface area contributed by atoms with Crippen LogP contribution in [0.5, 0.6) is 0 Å². The van der Waals surface area contributed by atoms with E-state index in [1.54, 1.807) is 28.3 Å². The summed E-state index contributed by atoms with van der Waals surface area (Å²) in [6, 6.07) is 0. The first-order valence-electron chi connectivity index (χ1n) is 28.4. The van der Waals surface area contributed by atoms with Crippen LogP contribution in [0.1, 0.15) is 106 Å². The zero-order valence-electron chi connectivity index (χ0n) is 46.6. The van der Waals surface area contributed by atoms with Gasteiger partial charge in [0.15, 0.2) is 43.0 Å². The number of allylic oxidation sites excluding steroid dienone is 1. The van der Waals surface area contributed by atoms with Crippen LogP contribution in [0.2, 0.25) is 0 Å². The summed E-state index contributed by atoms with van der Waals surface area (Å²) in [7, 11) is 6.28. The van der Waals surface area contributed by atoms with Crippen molar-refractivity contribution in [2.24, 2.45) is 28.6 Å². The van der Waals surface area contributed by atoms with Crippen molar-refractivity contribution in [2.45, 2.75) is 265 Å². The minimum absolute atomic E-state index is 0.0249. The van der Waals surface area contributed by atoms with E-state index in [1.807, 2.05) is 20.8 Å². The van der Waals surface area contributed by atoms with E-state index in [2.05, 4.69) is 26.8 Å². The lowest BCUT2D eigenvalue weighted by molar-refractivity contribution is -0.374. The maximum Gasteiger partial charge on any atom is 0.187 e. The Morgan fingerprint density at radius 2 is 1.14 bits per heavy atom. The fraction of sp³-hybridized carbons (Fsp3) is 0.964. The summed E-state index contributed by atoms with van der Waals surface area (Å²) in [5.74, 6) is -0.109. The summed E-state index contributed by atoms with van der Waals surface area (Å²) in [6.07, 6.45) is -9.51. The van der Waals surface area contributed by atoms with Crippen molar-refractivity contribution in [3.8, 4) is 0 Å². The molecule has 0 aromatic heterocycles. The van der Waals surface area contributed by atoms with Crippen molar-refractivity contribution in [3.63, 3.8) is 0 Å². The van der Waals surface area contributed by atoms with Crippen LogP contribution < -0.4 is 0 Å². The lowest BCUT2D eigenvalue weighted by Gasteiger charge is -2.59. The number of methoxy groups -OCH3 is 4. The number of hydrogen-bond acceptors (Lipinski definition) is 22. The minimum Gasteiger partial charge on any atom is -0.394 e. The molecule has 10 fully saturated rings. The molecule has 8 heterocycles. The Morgan fingerprint density at radius 3 is 1.71 bits per heavy atom. The lowest BCUT2D eigenvalue weighted by atomic mass is 9.48. The number of ether oxygens (including phenoxy) is 17. The molecular formula is C55H88O22. The zero-order valence-corrected chi connectivity index (χ0v) is 46.6. The normalized spacial score (nSPS) is 56.3. The third kappa shape index (κ3) is 9.75. The molecular weight excluding hydrogens is 1010 g/mol. The second kappa shape index (κ2) is 22.1. The Balaban J connectivity index is 0.658. The molecule has 11 aliphatic rings. The molecule has 31 atom stereocenters. The average Bonchev–Trinajstić information content (AvgIpc) is 3.91. The predicted octanol–water partition coefficient (Wildman–Crippen LogP) is 2.32. The molecule has 0 spiro atoms. The van der Waals surface area contributed by atoms with E-state index >= 15 is 0 Å². The van der Waals surface area contributed by atoms with Gasteiger partial charge in [0, 0.05) is 59.0 Å². The van der Waals surface area contributed by atoms with Gasteiger partial charge in [-0.3, -0.25) is 0 Å². The Bertz CT molecular complexity index is 2070. The fourth-order valence-electron chi connectivity index (χ4n) is 16.4. The van der Waals surface area contributed by atoms with Gasteiger partial charge in [-0.15, -0.1) is 0 Å². The van der Waals surface area contributed by atoms with Crippen molar-refractivity contribution < 1.29 is 106 Å². The van der Waals surface area contributed by atoms with E-state index < -0.39 is 141 Å². The molecule has 0 radical (unpaired) electrons. The Hall–Kier alpha value is -1.14. The van der Waals surface area contributed by atoms with Gasteiger partial charge in [-0.25, -0.2) is 0 Å². The SMILES string of the molecule is CO[C@@H]1[C@@H](O)[C@H](O[C@@H]2[C@@H](C)O[C@@H](O[C@H]3[C@@H](OC)C[C@H](O[C@@H]4[C@@H](C)O[C@@H](O[C@H]5CC[C@@]6(C)C(=CC[C@@H]7[C@@H]6CC[C@]6(C)[C@@H]8[C@H]9CO[C@]8(C)O[C@@]76O9)C5)C[C@H]4OC)O[C@@H]3C)C[C@H]2OC)O[C@H](C)[C@H]1O[C@@H]1O[C@H](CO)[C@@H](O)[C@H](O)[C@H]1O. The second-order valence-corrected chi connectivity index (χ2v) is 24.6. The van der Waals surface area contributed by atoms with Gasteiger partial charge < -0.3 is 106 Å². The van der Waals surface area contributed by atoms with Gasteiger partial charge in [0.05, 0.1) is 74.1 Å². The second-order valence-electron chi connectivity index (χ2n) is 24.6. The summed E-state index contributed by atoms with van der Waals surface area (Å²) in [5, 5.41) is 52.4. The summed E-state index contributed by atoms with van der Waals surface area (Å²) in [6.45, 7) is 14.4. The van der Waals surface area contributed by atoms with Crippen LogP contribution in [0, 0.1) is 28.6 Å². The standard InChI is InChI=1S/C55H88O22/c1-24-44(32(61-8)19-37(66-24)70-29-14-16-52(5)28(18-29)12-13-31-30(52)15-17-53(6)49-36-23-65-54(49,7)77-55(31,53)76-36)72-38-20-33(62-9)45(25(2)67-38)73-39-21-34(63-10)46(26(3)68-39)74-51-43(60)48(64-11)47(27(4)69-51)75-50-42(59)41(58)40(57)35(22-56)71-50/h12,24-27,29-51,56-60H,13-23H2,1-11H3/t24-,25-,26-,27-,29+,30+,31-,32-,33+,34-,35-,36-,37+,38+,39+,40-,41+,42-,43-,44-,45-,46-,47-,48-,49+,50+,51+,52+,53-,54-,55+/m1/s1. The summed E-state index contributed by atoms with van der Waals surface area (Å²) in [4.78, 5) is 0. The van der Waals surface area contributed by atoms with Gasteiger partial charge >= 0.3 is 0 Å². The van der Waals surface area contributed by atoms with E-state index in [9.17, 15) is 25.5 Å². The highest BCUT2D eigenvalue weighted by atomic mass is 16.8. The van der Waals surface area contributed by atoms with Crippen molar-refractivity contribution in [1.82, 2.24) is 0 Å². The molecule has 0 aromatic rings. The zero-order chi connectivity index (χ0) is 54.7. The van der Waals surface area contributed by atoms with E-state index in [0.717, 1.165) is 32.1 Å². The first-order chi connectivity index (χ1) is 36.7. The van der Waals surface area contributed by atoms with E-state index in [0.29, 0.717) is 31.3 Å². The quantitative estimate of drug-likeness (QED) is 0.148. The lowest BCUT2D eigenvalue weighted by Crippen LogP contribution is -2.65. The third-order valence-electron chi connectivity index (χ3n) is 20.4. The Labute approximate surface area is 452 Å². The van der Waals surface area contributed by atoms with E-state index in [1.165, 1.54) is 19.1 Å². The van der Waals surface area contributed by atoms with Gasteiger partial charge in [0.1, 0.15) is 61.0 Å². The molecule has 2 saturated carbocycles. The van der Waals surface area contributed by atoms with Crippen molar-refractivity contribution >= 4 is 0 Å². The van der Waals surface area contributed by atoms with E-state index in [4.69, 9.17) is 80.5 Å². The summed E-state index contributed by atoms with van der Waals surface area (Å²) < 4.78 is 108. The minimum atomic E-state index is -1.66. The largest absolute Gasteiger partial charge is 0.394 e. The van der Waals surface area contributed by atoms with Crippen LogP contribution >= 0.6 is 0 Å². The maximum atomic E-state index is 11.5. The summed E-state index contributed by atoms with van der Waals surface area (Å²) in [5.41, 5.74) is 1.50. The molecule has 22 nitrogen and oxygen atoms in total. The van der Waals surface area contributed by atoms with Gasteiger partial charge in [0.25, 0.3) is 0 Å². The number of rotatable bonds is 15. The molecule has 0 aromatic carbocycles. The van der Waals surface area contributed by atoms with Crippen LogP contribution in [-0.4, -0.2) is 226 Å². The Morgan fingerprint density at radius 1 is 0.584 bits per heavy atom. The highest BCUT2D eigenvalue weighted by molar-refractivity contribution is 5.30. The Kier molecular flexibility index (Phi) is 16.6. The first kappa shape index (κ1) is 57.7. The molecule has 3 aliphatic carbocycles. The molecule has 8 saturated heterocycles. The maximum absolute atomic E-state index is 11.5. The van der Waals surface area contributed by atoms with Crippen molar-refractivity contribution in [2.75, 3.05) is 41.7 Å². The third-order valence-corrected chi connectivity index (χ3v) is 20.4. The van der Waals surface area contributed by atoms with Gasteiger partial charge in [-0.2, -0.15) is 0 Å². The molecule has 2 bridgehead atoms. The van der Waals surface area contributed by atoms with Gasteiger partial charge in [-0.1, -0.05) is 25.5 Å². The molecule has 5 N–H and O–H groups in total. The number of aliphatic hydroxyl groups excluding tert-OH is 5. The summed E-state index contributed by atoms with van der Waals surface area (Å²) >= 11 is 0. The molecule has 8 aliphatic heterocycles. The fourth-order valence-corrected chi connectivity index (χ4v) is 16.4. The first-order valence-corrected chi connectivity index (χ1v) is 28.4. The van der Waals surface area contributed by atoms with Gasteiger partial charge in [-0.05, 0) is 84.5 Å². The van der Waals surface area contributed by atoms with Crippen LogP contribution in [0.3, 0.4) is 0 Å². The van der Waals surface area contributed by atoms with Crippen LogP contribution in [0.15, 0.2) is 11.6 Å². The average molecular weight is 1100 g/mol.